The summed E-state index contributed by atoms with van der Waals surface area (Å²) in [7, 11) is 4.04. The average Bonchev–Trinajstić information content (AvgIpc) is 3.27. The number of aliphatic imine (C=N–C) groups is 1. The van der Waals surface area contributed by atoms with Crippen molar-refractivity contribution in [3.8, 4) is 0 Å². The zero-order valence-electron chi connectivity index (χ0n) is 17.6. The highest BCUT2D eigenvalue weighted by Crippen LogP contribution is 2.20. The number of nitrogens with one attached hydrogen (secondary N) is 1. The molecule has 7 nitrogen and oxygen atoms in total. The molecule has 0 aromatic carbocycles. The number of thiazole rings is 1. The molecule has 1 aliphatic heterocycles. The number of rotatable bonds is 7. The third-order valence-corrected chi connectivity index (χ3v) is 5.96. The summed E-state index contributed by atoms with van der Waals surface area (Å²) in [4.78, 5) is 14.2. The van der Waals surface area contributed by atoms with Crippen LogP contribution in [0.4, 0.5) is 0 Å². The Labute approximate surface area is 172 Å². The Bertz CT molecular complexity index is 758. The Kier molecular flexibility index (Phi) is 7.44. The van der Waals surface area contributed by atoms with Gasteiger partial charge >= 0.3 is 0 Å². The molecule has 2 aromatic heterocycles. The van der Waals surface area contributed by atoms with Crippen LogP contribution in [-0.4, -0.2) is 63.8 Å². The Morgan fingerprint density at radius 3 is 2.79 bits per heavy atom. The maximum atomic E-state index is 4.93. The molecule has 0 unspecified atom stereocenters. The number of guanidine groups is 1. The summed E-state index contributed by atoms with van der Waals surface area (Å²) in [5.41, 5.74) is 2.41. The summed E-state index contributed by atoms with van der Waals surface area (Å²) < 4.78 is 1.84. The minimum atomic E-state index is 0.661. The van der Waals surface area contributed by atoms with Crippen LogP contribution in [0.3, 0.4) is 0 Å². The molecule has 0 amide bonds. The van der Waals surface area contributed by atoms with Crippen molar-refractivity contribution < 1.29 is 0 Å². The lowest BCUT2D eigenvalue weighted by atomic mass is 9.97. The molecule has 1 fully saturated rings. The molecule has 0 aliphatic carbocycles. The number of likely N-dealkylation sites (tertiary alicyclic amines) is 1. The van der Waals surface area contributed by atoms with Crippen molar-refractivity contribution in [1.82, 2.24) is 29.9 Å². The van der Waals surface area contributed by atoms with Gasteiger partial charge in [-0.25, -0.2) is 4.98 Å². The van der Waals surface area contributed by atoms with E-state index >= 15 is 0 Å². The van der Waals surface area contributed by atoms with Gasteiger partial charge in [-0.05, 0) is 45.7 Å². The molecule has 1 N–H and O–H groups in total. The Morgan fingerprint density at radius 2 is 2.18 bits per heavy atom. The van der Waals surface area contributed by atoms with Gasteiger partial charge in [-0.15, -0.1) is 11.3 Å². The molecule has 8 heteroatoms. The molecule has 0 spiro atoms. The monoisotopic (exact) mass is 403 g/mol. The van der Waals surface area contributed by atoms with Crippen LogP contribution < -0.4 is 5.32 Å². The van der Waals surface area contributed by atoms with Gasteiger partial charge in [0, 0.05) is 57.4 Å². The number of hydrogen-bond donors (Lipinski definition) is 1. The SMILES string of the molecule is CCNC(=NCC1CCN(Cc2csc(C)n2)CC1)N(C)Cc1cnn(C)c1. The van der Waals surface area contributed by atoms with Crippen molar-refractivity contribution in [3.05, 3.63) is 34.0 Å². The van der Waals surface area contributed by atoms with Crippen molar-refractivity contribution in [1.29, 1.82) is 0 Å². The molecule has 0 radical (unpaired) electrons. The van der Waals surface area contributed by atoms with E-state index in [0.29, 0.717) is 5.92 Å². The topological polar surface area (TPSA) is 61.6 Å². The highest BCUT2D eigenvalue weighted by molar-refractivity contribution is 7.09. The van der Waals surface area contributed by atoms with Gasteiger partial charge in [0.25, 0.3) is 0 Å². The predicted molar refractivity (Wildman–Crippen MR) is 116 cm³/mol. The molecule has 3 rings (SSSR count). The highest BCUT2D eigenvalue weighted by atomic mass is 32.1. The van der Waals surface area contributed by atoms with Gasteiger partial charge < -0.3 is 10.2 Å². The first-order valence-corrected chi connectivity index (χ1v) is 11.0. The molecule has 0 bridgehead atoms. The van der Waals surface area contributed by atoms with Gasteiger partial charge in [0.1, 0.15) is 0 Å². The molecular formula is C20H33N7S. The van der Waals surface area contributed by atoms with E-state index in [1.165, 1.54) is 24.1 Å². The normalized spacial score (nSPS) is 16.5. The first kappa shape index (κ1) is 20.8. The maximum absolute atomic E-state index is 4.93. The van der Waals surface area contributed by atoms with Crippen molar-refractivity contribution in [3.63, 3.8) is 0 Å². The fourth-order valence-corrected chi connectivity index (χ4v) is 4.23. The van der Waals surface area contributed by atoms with Crippen LogP contribution in [0, 0.1) is 12.8 Å². The Morgan fingerprint density at radius 1 is 1.39 bits per heavy atom. The lowest BCUT2D eigenvalue weighted by molar-refractivity contribution is 0.179. The second-order valence-corrected chi connectivity index (χ2v) is 8.71. The van der Waals surface area contributed by atoms with Gasteiger partial charge in [-0.1, -0.05) is 0 Å². The van der Waals surface area contributed by atoms with Crippen LogP contribution >= 0.6 is 11.3 Å². The van der Waals surface area contributed by atoms with E-state index in [0.717, 1.165) is 50.2 Å². The van der Waals surface area contributed by atoms with Crippen LogP contribution in [0.15, 0.2) is 22.8 Å². The van der Waals surface area contributed by atoms with E-state index in [2.05, 4.69) is 57.7 Å². The van der Waals surface area contributed by atoms with E-state index in [9.17, 15) is 0 Å². The minimum absolute atomic E-state index is 0.661. The maximum Gasteiger partial charge on any atom is 0.193 e. The van der Waals surface area contributed by atoms with Crippen LogP contribution in [-0.2, 0) is 20.1 Å². The summed E-state index contributed by atoms with van der Waals surface area (Å²) >= 11 is 1.74. The third-order valence-electron chi connectivity index (χ3n) is 5.13. The fraction of sp³-hybridized carbons (Fsp3) is 0.650. The molecule has 1 aliphatic rings. The van der Waals surface area contributed by atoms with Gasteiger partial charge in [-0.3, -0.25) is 14.6 Å². The summed E-state index contributed by atoms with van der Waals surface area (Å²) in [5, 5.41) is 11.0. The number of aryl methyl sites for hydroxylation is 2. The van der Waals surface area contributed by atoms with Crippen molar-refractivity contribution in [2.24, 2.45) is 18.0 Å². The van der Waals surface area contributed by atoms with Crippen LogP contribution in [0.1, 0.15) is 36.0 Å². The Hall–Kier alpha value is -1.93. The number of aromatic nitrogens is 3. The summed E-state index contributed by atoms with van der Waals surface area (Å²) in [6.45, 7) is 10.0. The quantitative estimate of drug-likeness (QED) is 0.568. The van der Waals surface area contributed by atoms with E-state index < -0.39 is 0 Å². The van der Waals surface area contributed by atoms with Crippen LogP contribution in [0.25, 0.3) is 0 Å². The van der Waals surface area contributed by atoms with Crippen LogP contribution in [0.2, 0.25) is 0 Å². The standard InChI is InChI=1S/C20H33N7S/c1-5-21-20(25(3)12-18-11-23-26(4)13-18)22-10-17-6-8-27(9-7-17)14-19-15-28-16(2)24-19/h11,13,15,17H,5-10,12,14H2,1-4H3,(H,21,22). The zero-order valence-corrected chi connectivity index (χ0v) is 18.4. The van der Waals surface area contributed by atoms with E-state index in [-0.39, 0.29) is 0 Å². The summed E-state index contributed by atoms with van der Waals surface area (Å²) in [5.74, 6) is 1.64. The van der Waals surface area contributed by atoms with E-state index in [1.54, 1.807) is 11.3 Å². The number of hydrogen-bond acceptors (Lipinski definition) is 5. The molecule has 28 heavy (non-hydrogen) atoms. The lowest BCUT2D eigenvalue weighted by Crippen LogP contribution is -2.39. The average molecular weight is 404 g/mol. The van der Waals surface area contributed by atoms with Gasteiger partial charge in [0.05, 0.1) is 16.9 Å². The lowest BCUT2D eigenvalue weighted by Gasteiger charge is -2.31. The predicted octanol–water partition coefficient (Wildman–Crippen LogP) is 2.49. The first-order valence-electron chi connectivity index (χ1n) is 10.1. The zero-order chi connectivity index (χ0) is 19.9. The van der Waals surface area contributed by atoms with E-state index in [4.69, 9.17) is 4.99 Å². The molecule has 1 saturated heterocycles. The summed E-state index contributed by atoms with van der Waals surface area (Å²) in [6.07, 6.45) is 6.38. The second kappa shape index (κ2) is 10.0. The Balaban J connectivity index is 1.48. The first-order chi connectivity index (χ1) is 13.5. The van der Waals surface area contributed by atoms with Crippen LogP contribution in [0.5, 0.6) is 0 Å². The molecule has 0 saturated carbocycles. The van der Waals surface area contributed by atoms with Crippen molar-refractivity contribution in [2.45, 2.75) is 39.8 Å². The summed E-state index contributed by atoms with van der Waals surface area (Å²) in [6, 6.07) is 0. The van der Waals surface area contributed by atoms with Gasteiger partial charge in [0.2, 0.25) is 0 Å². The minimum Gasteiger partial charge on any atom is -0.357 e. The van der Waals surface area contributed by atoms with E-state index in [1.807, 2.05) is 17.9 Å². The van der Waals surface area contributed by atoms with Crippen molar-refractivity contribution >= 4 is 17.3 Å². The number of nitrogens with zero attached hydrogens (tertiary/aromatic N) is 6. The molecule has 3 heterocycles. The molecule has 0 atom stereocenters. The molecule has 2 aromatic rings. The van der Waals surface area contributed by atoms with Gasteiger partial charge in [-0.2, -0.15) is 5.10 Å². The van der Waals surface area contributed by atoms with Crippen molar-refractivity contribution in [2.75, 3.05) is 33.2 Å². The third kappa shape index (κ3) is 6.04. The molecular weight excluding hydrogens is 370 g/mol. The highest BCUT2D eigenvalue weighted by Gasteiger charge is 2.20. The number of piperidine rings is 1. The largest absolute Gasteiger partial charge is 0.357 e. The second-order valence-electron chi connectivity index (χ2n) is 7.65. The van der Waals surface area contributed by atoms with Gasteiger partial charge in [0.15, 0.2) is 5.96 Å². The fourth-order valence-electron chi connectivity index (χ4n) is 3.62. The smallest absolute Gasteiger partial charge is 0.193 e. The molecule has 154 valence electrons.